The Balaban J connectivity index is 0.000000171. The summed E-state index contributed by atoms with van der Waals surface area (Å²) in [5, 5.41) is 0. The van der Waals surface area contributed by atoms with Gasteiger partial charge in [0.1, 0.15) is 6.29 Å². The third-order valence-electron chi connectivity index (χ3n) is 2.55. The van der Waals surface area contributed by atoms with Crippen molar-refractivity contribution >= 4 is 12.6 Å². The summed E-state index contributed by atoms with van der Waals surface area (Å²) in [6.07, 6.45) is 8.78. The maximum absolute atomic E-state index is 10.3. The van der Waals surface area contributed by atoms with Crippen LogP contribution in [0, 0.1) is 0 Å². The van der Waals surface area contributed by atoms with Gasteiger partial charge < -0.3 is 9.69 Å². The van der Waals surface area contributed by atoms with Crippen LogP contribution in [0.15, 0.2) is 37.3 Å². The fourth-order valence-electron chi connectivity index (χ4n) is 1.63. The van der Waals surface area contributed by atoms with Crippen LogP contribution in [-0.4, -0.2) is 35.0 Å². The molecule has 0 aliphatic carbocycles. The summed E-state index contributed by atoms with van der Waals surface area (Å²) in [6, 6.07) is 3.55. The number of carbonyl (C=O) groups is 2. The van der Waals surface area contributed by atoms with Crippen LogP contribution in [0.2, 0.25) is 0 Å². The molecule has 0 amide bonds. The van der Waals surface area contributed by atoms with E-state index < -0.39 is 0 Å². The van der Waals surface area contributed by atoms with E-state index >= 15 is 0 Å². The molecular formula is C13H16N2O2. The third-order valence-corrected chi connectivity index (χ3v) is 2.55. The number of carbonyl (C=O) groups excluding carboxylic acids is 2. The van der Waals surface area contributed by atoms with Crippen LogP contribution in [0.1, 0.15) is 23.2 Å². The lowest BCUT2D eigenvalue weighted by Gasteiger charge is -2.15. The smallest absolute Gasteiger partial charge is 0.151 e. The molecule has 1 fully saturated rings. The van der Waals surface area contributed by atoms with E-state index in [0.717, 1.165) is 32.0 Å². The van der Waals surface area contributed by atoms with Crippen LogP contribution in [0.3, 0.4) is 0 Å². The summed E-state index contributed by atoms with van der Waals surface area (Å²) in [5.41, 5.74) is 0.618. The summed E-state index contributed by atoms with van der Waals surface area (Å²) in [4.78, 5) is 26.0. The number of nitrogens with zero attached hydrogens (tertiary/aromatic N) is 2. The number of aromatic nitrogens is 1. The molecule has 2 heterocycles. The molecule has 0 aromatic carbocycles. The van der Waals surface area contributed by atoms with Crippen LogP contribution >= 0.6 is 0 Å². The van der Waals surface area contributed by atoms with E-state index in [0.29, 0.717) is 5.56 Å². The van der Waals surface area contributed by atoms with Crippen molar-refractivity contribution in [3.8, 4) is 0 Å². The van der Waals surface area contributed by atoms with Crippen LogP contribution < -0.4 is 0 Å². The average molecular weight is 232 g/mol. The Morgan fingerprint density at radius 2 is 2.29 bits per heavy atom. The molecular weight excluding hydrogens is 216 g/mol. The largest absolute Gasteiger partial charge is 0.368 e. The molecule has 0 bridgehead atoms. The van der Waals surface area contributed by atoms with E-state index in [-0.39, 0.29) is 6.04 Å². The van der Waals surface area contributed by atoms with E-state index in [1.165, 1.54) is 6.20 Å². The molecule has 17 heavy (non-hydrogen) atoms. The predicted octanol–water partition coefficient (Wildman–Crippen LogP) is 1.69. The zero-order valence-corrected chi connectivity index (χ0v) is 9.66. The first-order valence-corrected chi connectivity index (χ1v) is 5.50. The molecule has 1 aliphatic heterocycles. The highest BCUT2D eigenvalue weighted by Crippen LogP contribution is 2.14. The quantitative estimate of drug-likeness (QED) is 0.744. The molecule has 4 heteroatoms. The van der Waals surface area contributed by atoms with Crippen molar-refractivity contribution in [1.82, 2.24) is 9.88 Å². The molecule has 0 radical (unpaired) electrons. The van der Waals surface area contributed by atoms with Crippen molar-refractivity contribution in [2.75, 3.05) is 6.54 Å². The minimum Gasteiger partial charge on any atom is -0.368 e. The fourth-order valence-corrected chi connectivity index (χ4v) is 1.63. The van der Waals surface area contributed by atoms with Gasteiger partial charge in [-0.15, -0.1) is 0 Å². The maximum Gasteiger partial charge on any atom is 0.151 e. The number of pyridine rings is 1. The van der Waals surface area contributed by atoms with Crippen LogP contribution in [0.4, 0.5) is 0 Å². The second-order valence-electron chi connectivity index (χ2n) is 3.67. The second-order valence-corrected chi connectivity index (χ2v) is 3.67. The summed E-state index contributed by atoms with van der Waals surface area (Å²) < 4.78 is 0. The Hall–Kier alpha value is -1.97. The Morgan fingerprint density at radius 3 is 2.71 bits per heavy atom. The Morgan fingerprint density at radius 1 is 1.47 bits per heavy atom. The van der Waals surface area contributed by atoms with Crippen molar-refractivity contribution in [3.63, 3.8) is 0 Å². The van der Waals surface area contributed by atoms with Gasteiger partial charge in [-0.2, -0.15) is 0 Å². The molecule has 0 saturated carbocycles. The monoisotopic (exact) mass is 232 g/mol. The summed E-state index contributed by atoms with van der Waals surface area (Å²) in [5.74, 6) is 0. The van der Waals surface area contributed by atoms with Gasteiger partial charge in [0.25, 0.3) is 0 Å². The van der Waals surface area contributed by atoms with Crippen molar-refractivity contribution < 1.29 is 9.59 Å². The lowest BCUT2D eigenvalue weighted by atomic mass is 10.2. The van der Waals surface area contributed by atoms with Crippen LogP contribution in [0.5, 0.6) is 0 Å². The molecule has 90 valence electrons. The Kier molecular flexibility index (Phi) is 5.64. The number of aldehydes is 2. The van der Waals surface area contributed by atoms with Gasteiger partial charge in [0.05, 0.1) is 6.04 Å². The summed E-state index contributed by atoms with van der Waals surface area (Å²) in [6.45, 7) is 4.60. The lowest BCUT2D eigenvalue weighted by Crippen LogP contribution is -2.24. The van der Waals surface area contributed by atoms with E-state index in [1.54, 1.807) is 24.5 Å². The van der Waals surface area contributed by atoms with E-state index in [4.69, 9.17) is 0 Å². The zero-order chi connectivity index (χ0) is 12.5. The van der Waals surface area contributed by atoms with Gasteiger partial charge in [-0.1, -0.05) is 6.58 Å². The second kappa shape index (κ2) is 7.33. The molecule has 1 aromatic rings. The molecule has 1 atom stereocenters. The SMILES string of the molecule is C=CN1CCCC1C=O.O=Cc1cccnc1. The van der Waals surface area contributed by atoms with Crippen molar-refractivity contribution in [2.24, 2.45) is 0 Å². The topological polar surface area (TPSA) is 50.3 Å². The van der Waals surface area contributed by atoms with E-state index in [2.05, 4.69) is 11.6 Å². The third kappa shape index (κ3) is 4.18. The van der Waals surface area contributed by atoms with Gasteiger partial charge >= 0.3 is 0 Å². The highest BCUT2D eigenvalue weighted by molar-refractivity contribution is 5.73. The Labute approximate surface area is 101 Å². The predicted molar refractivity (Wildman–Crippen MR) is 65.6 cm³/mol. The Bertz CT molecular complexity index is 351. The zero-order valence-electron chi connectivity index (χ0n) is 9.66. The molecule has 1 saturated heterocycles. The van der Waals surface area contributed by atoms with Crippen molar-refractivity contribution in [2.45, 2.75) is 18.9 Å². The number of rotatable bonds is 3. The van der Waals surface area contributed by atoms with Gasteiger partial charge in [-0.25, -0.2) is 0 Å². The highest BCUT2D eigenvalue weighted by Gasteiger charge is 2.19. The van der Waals surface area contributed by atoms with E-state index in [1.807, 2.05) is 4.90 Å². The minimum atomic E-state index is 0.113. The summed E-state index contributed by atoms with van der Waals surface area (Å²) >= 11 is 0. The molecule has 0 N–H and O–H groups in total. The lowest BCUT2D eigenvalue weighted by molar-refractivity contribution is -0.110. The van der Waals surface area contributed by atoms with Crippen molar-refractivity contribution in [1.29, 1.82) is 0 Å². The van der Waals surface area contributed by atoms with Crippen LogP contribution in [-0.2, 0) is 4.79 Å². The molecule has 1 aliphatic rings. The standard InChI is InChI=1S/C7H11NO.C6H5NO/c1-2-8-5-3-4-7(8)6-9;8-5-6-2-1-3-7-4-6/h2,6-7H,1,3-5H2;1-5H. The van der Waals surface area contributed by atoms with Gasteiger partial charge in [0, 0.05) is 24.5 Å². The number of hydrogen-bond donors (Lipinski definition) is 0. The first-order chi connectivity index (χ1) is 8.31. The van der Waals surface area contributed by atoms with Gasteiger partial charge in [-0.3, -0.25) is 9.78 Å². The molecule has 1 unspecified atom stereocenters. The molecule has 0 spiro atoms. The molecule has 2 rings (SSSR count). The first-order valence-electron chi connectivity index (χ1n) is 5.50. The van der Waals surface area contributed by atoms with Crippen molar-refractivity contribution in [3.05, 3.63) is 42.9 Å². The summed E-state index contributed by atoms with van der Waals surface area (Å²) in [7, 11) is 0. The minimum absolute atomic E-state index is 0.113. The van der Waals surface area contributed by atoms with Gasteiger partial charge in [0.15, 0.2) is 6.29 Å². The fraction of sp³-hybridized carbons (Fsp3) is 0.308. The van der Waals surface area contributed by atoms with E-state index in [9.17, 15) is 9.59 Å². The highest BCUT2D eigenvalue weighted by atomic mass is 16.1. The average Bonchev–Trinajstić information content (AvgIpc) is 2.88. The normalized spacial score (nSPS) is 17.9. The number of likely N-dealkylation sites (tertiary alicyclic amines) is 1. The van der Waals surface area contributed by atoms with Gasteiger partial charge in [-0.05, 0) is 31.2 Å². The maximum atomic E-state index is 10.3. The van der Waals surface area contributed by atoms with Gasteiger partial charge in [0.2, 0.25) is 0 Å². The molecule has 1 aromatic heterocycles. The number of hydrogen-bond acceptors (Lipinski definition) is 4. The molecule has 4 nitrogen and oxygen atoms in total. The van der Waals surface area contributed by atoms with Crippen LogP contribution in [0.25, 0.3) is 0 Å². The first kappa shape index (κ1) is 13.1.